The molecule has 0 aromatic carbocycles. The molecule has 6 atom stereocenters. The Morgan fingerprint density at radius 1 is 1.00 bits per heavy atom. The molecular formula is C16H27N. The first-order valence-electron chi connectivity index (χ1n) is 7.64. The van der Waals surface area contributed by atoms with E-state index in [1.54, 1.807) is 0 Å². The van der Waals surface area contributed by atoms with E-state index in [1.807, 2.05) is 0 Å². The van der Waals surface area contributed by atoms with E-state index < -0.39 is 0 Å². The average Bonchev–Trinajstić information content (AvgIpc) is 2.92. The fourth-order valence-corrected chi connectivity index (χ4v) is 4.18. The van der Waals surface area contributed by atoms with Gasteiger partial charge in [0.2, 0.25) is 0 Å². The molecule has 3 aliphatic rings. The summed E-state index contributed by atoms with van der Waals surface area (Å²) in [5.41, 5.74) is 0. The van der Waals surface area contributed by atoms with Gasteiger partial charge in [0, 0.05) is 6.04 Å². The minimum atomic E-state index is 0.810. The van der Waals surface area contributed by atoms with Gasteiger partial charge in [-0.3, -0.25) is 0 Å². The standard InChI is InChI=1S/C16H27N/c1-11-3-6-16(7-12(11)2)17-10-15-9-13-4-5-14(15)8-13/h4-5,11-17H,3,6-10H2,1-2H3. The number of hydrogen-bond donors (Lipinski definition) is 1. The lowest BCUT2D eigenvalue weighted by molar-refractivity contribution is 0.218. The topological polar surface area (TPSA) is 12.0 Å². The first kappa shape index (κ1) is 11.8. The van der Waals surface area contributed by atoms with Gasteiger partial charge >= 0.3 is 0 Å². The molecule has 96 valence electrons. The highest BCUT2D eigenvalue weighted by molar-refractivity contribution is 5.10. The maximum Gasteiger partial charge on any atom is 0.00699 e. The van der Waals surface area contributed by atoms with E-state index >= 15 is 0 Å². The van der Waals surface area contributed by atoms with Crippen LogP contribution in [0.2, 0.25) is 0 Å². The van der Waals surface area contributed by atoms with Crippen LogP contribution in [0.3, 0.4) is 0 Å². The van der Waals surface area contributed by atoms with Gasteiger partial charge < -0.3 is 5.32 Å². The summed E-state index contributed by atoms with van der Waals surface area (Å²) in [5, 5.41) is 3.87. The van der Waals surface area contributed by atoms with Crippen molar-refractivity contribution in [3.05, 3.63) is 12.2 Å². The lowest BCUT2D eigenvalue weighted by Gasteiger charge is -2.33. The molecule has 0 radical (unpaired) electrons. The van der Waals surface area contributed by atoms with Crippen LogP contribution in [0.5, 0.6) is 0 Å². The van der Waals surface area contributed by atoms with Gasteiger partial charge in [0.25, 0.3) is 0 Å². The summed E-state index contributed by atoms with van der Waals surface area (Å²) in [6.45, 7) is 6.12. The molecule has 3 aliphatic carbocycles. The van der Waals surface area contributed by atoms with Gasteiger partial charge in [-0.2, -0.15) is 0 Å². The van der Waals surface area contributed by atoms with E-state index in [0.717, 1.165) is 35.6 Å². The summed E-state index contributed by atoms with van der Waals surface area (Å²) in [4.78, 5) is 0. The Morgan fingerprint density at radius 3 is 2.53 bits per heavy atom. The van der Waals surface area contributed by atoms with Crippen LogP contribution in [0.15, 0.2) is 12.2 Å². The molecule has 0 aromatic rings. The minimum Gasteiger partial charge on any atom is -0.314 e. The van der Waals surface area contributed by atoms with Crippen LogP contribution in [-0.4, -0.2) is 12.6 Å². The van der Waals surface area contributed by atoms with Crippen molar-refractivity contribution in [3.63, 3.8) is 0 Å². The van der Waals surface area contributed by atoms with Crippen LogP contribution in [0.1, 0.15) is 46.0 Å². The number of rotatable bonds is 3. The van der Waals surface area contributed by atoms with Crippen LogP contribution < -0.4 is 5.32 Å². The quantitative estimate of drug-likeness (QED) is 0.734. The largest absolute Gasteiger partial charge is 0.314 e. The molecule has 2 bridgehead atoms. The van der Waals surface area contributed by atoms with E-state index in [9.17, 15) is 0 Å². The molecule has 17 heavy (non-hydrogen) atoms. The van der Waals surface area contributed by atoms with Gasteiger partial charge in [-0.05, 0) is 68.2 Å². The second-order valence-corrected chi connectivity index (χ2v) is 6.91. The number of hydrogen-bond acceptors (Lipinski definition) is 1. The van der Waals surface area contributed by atoms with Crippen LogP contribution in [0.4, 0.5) is 0 Å². The summed E-state index contributed by atoms with van der Waals surface area (Å²) in [6, 6.07) is 0.810. The zero-order valence-electron chi connectivity index (χ0n) is 11.4. The van der Waals surface area contributed by atoms with Crippen molar-refractivity contribution in [1.29, 1.82) is 0 Å². The van der Waals surface area contributed by atoms with Gasteiger partial charge in [-0.1, -0.05) is 26.0 Å². The van der Waals surface area contributed by atoms with Gasteiger partial charge in [-0.15, -0.1) is 0 Å². The van der Waals surface area contributed by atoms with Crippen LogP contribution in [-0.2, 0) is 0 Å². The predicted octanol–water partition coefficient (Wildman–Crippen LogP) is 3.61. The molecule has 2 fully saturated rings. The summed E-state index contributed by atoms with van der Waals surface area (Å²) in [7, 11) is 0. The van der Waals surface area contributed by atoms with Crippen molar-refractivity contribution in [3.8, 4) is 0 Å². The van der Waals surface area contributed by atoms with Gasteiger partial charge in [-0.25, -0.2) is 0 Å². The van der Waals surface area contributed by atoms with E-state index in [2.05, 4.69) is 31.3 Å². The molecular weight excluding hydrogens is 206 g/mol. The molecule has 0 aliphatic heterocycles. The third-order valence-electron chi connectivity index (χ3n) is 5.68. The predicted molar refractivity (Wildman–Crippen MR) is 72.8 cm³/mol. The monoisotopic (exact) mass is 233 g/mol. The van der Waals surface area contributed by atoms with E-state index in [1.165, 1.54) is 38.6 Å². The molecule has 0 saturated heterocycles. The Bertz CT molecular complexity index is 296. The van der Waals surface area contributed by atoms with Crippen LogP contribution in [0.25, 0.3) is 0 Å². The highest BCUT2D eigenvalue weighted by atomic mass is 14.9. The highest BCUT2D eigenvalue weighted by Gasteiger charge is 2.35. The van der Waals surface area contributed by atoms with Gasteiger partial charge in [0.1, 0.15) is 0 Å². The molecule has 0 aromatic heterocycles. The number of fused-ring (bicyclic) bond motifs is 2. The maximum atomic E-state index is 3.87. The van der Waals surface area contributed by atoms with Crippen LogP contribution >= 0.6 is 0 Å². The van der Waals surface area contributed by atoms with E-state index in [-0.39, 0.29) is 0 Å². The van der Waals surface area contributed by atoms with E-state index in [4.69, 9.17) is 0 Å². The van der Waals surface area contributed by atoms with Crippen molar-refractivity contribution in [2.75, 3.05) is 6.54 Å². The molecule has 1 nitrogen and oxygen atoms in total. The van der Waals surface area contributed by atoms with Crippen molar-refractivity contribution in [2.24, 2.45) is 29.6 Å². The summed E-state index contributed by atoms with van der Waals surface area (Å²) in [6.07, 6.45) is 12.1. The molecule has 6 unspecified atom stereocenters. The fourth-order valence-electron chi connectivity index (χ4n) is 4.18. The molecule has 2 saturated carbocycles. The summed E-state index contributed by atoms with van der Waals surface area (Å²) >= 11 is 0. The Hall–Kier alpha value is -0.300. The lowest BCUT2D eigenvalue weighted by atomic mass is 9.79. The summed E-state index contributed by atoms with van der Waals surface area (Å²) in [5.74, 6) is 4.64. The highest BCUT2D eigenvalue weighted by Crippen LogP contribution is 2.43. The van der Waals surface area contributed by atoms with Crippen molar-refractivity contribution in [2.45, 2.75) is 52.0 Å². The van der Waals surface area contributed by atoms with Crippen molar-refractivity contribution >= 4 is 0 Å². The first-order chi connectivity index (χ1) is 8.22. The second kappa shape index (κ2) is 4.76. The zero-order valence-corrected chi connectivity index (χ0v) is 11.4. The number of allylic oxidation sites excluding steroid dienone is 2. The Kier molecular flexibility index (Phi) is 3.30. The SMILES string of the molecule is CC1CCC(NCC2CC3C=CC2C3)CC1C. The Labute approximate surface area is 106 Å². The smallest absolute Gasteiger partial charge is 0.00699 e. The Balaban J connectivity index is 1.44. The zero-order chi connectivity index (χ0) is 11.8. The van der Waals surface area contributed by atoms with Crippen molar-refractivity contribution < 1.29 is 0 Å². The minimum absolute atomic E-state index is 0.810. The Morgan fingerprint density at radius 2 is 1.88 bits per heavy atom. The second-order valence-electron chi connectivity index (χ2n) is 6.91. The normalized spacial score (nSPS) is 48.8. The maximum absolute atomic E-state index is 3.87. The third-order valence-corrected chi connectivity index (χ3v) is 5.68. The first-order valence-corrected chi connectivity index (χ1v) is 7.64. The van der Waals surface area contributed by atoms with Gasteiger partial charge in [0.15, 0.2) is 0 Å². The fraction of sp³-hybridized carbons (Fsp3) is 0.875. The van der Waals surface area contributed by atoms with Crippen molar-refractivity contribution in [1.82, 2.24) is 5.32 Å². The summed E-state index contributed by atoms with van der Waals surface area (Å²) < 4.78 is 0. The molecule has 3 rings (SSSR count). The molecule has 0 heterocycles. The third kappa shape index (κ3) is 2.45. The van der Waals surface area contributed by atoms with E-state index in [0.29, 0.717) is 0 Å². The number of nitrogens with one attached hydrogen (secondary N) is 1. The average molecular weight is 233 g/mol. The molecule has 0 amide bonds. The lowest BCUT2D eigenvalue weighted by Crippen LogP contribution is -2.39. The van der Waals surface area contributed by atoms with Crippen LogP contribution in [0, 0.1) is 29.6 Å². The van der Waals surface area contributed by atoms with Gasteiger partial charge in [0.05, 0.1) is 0 Å². The molecule has 1 N–H and O–H groups in total. The molecule has 0 spiro atoms. The molecule has 1 heteroatoms.